The fraction of sp³-hybridized carbons (Fsp3) is 0.833. The van der Waals surface area contributed by atoms with E-state index in [0.29, 0.717) is 39.2 Å². The van der Waals surface area contributed by atoms with Crippen molar-refractivity contribution >= 4 is 11.8 Å². The van der Waals surface area contributed by atoms with E-state index in [9.17, 15) is 9.59 Å². The maximum absolute atomic E-state index is 12.0. The van der Waals surface area contributed by atoms with Crippen molar-refractivity contribution in [1.29, 1.82) is 0 Å². The van der Waals surface area contributed by atoms with Gasteiger partial charge in [-0.15, -0.1) is 0 Å². The van der Waals surface area contributed by atoms with Gasteiger partial charge in [0.05, 0.1) is 0 Å². The lowest BCUT2D eigenvalue weighted by Gasteiger charge is -2.35. The summed E-state index contributed by atoms with van der Waals surface area (Å²) in [5.41, 5.74) is 0. The minimum atomic E-state index is -0.233. The molecule has 5 heteroatoms. The van der Waals surface area contributed by atoms with E-state index in [4.69, 9.17) is 4.74 Å². The van der Waals surface area contributed by atoms with Crippen molar-refractivity contribution in [1.82, 2.24) is 9.80 Å². The number of hydrogen-bond acceptors (Lipinski definition) is 3. The van der Waals surface area contributed by atoms with Gasteiger partial charge in [0, 0.05) is 39.2 Å². The molecule has 2 aliphatic rings. The Labute approximate surface area is 102 Å². The van der Waals surface area contributed by atoms with E-state index in [-0.39, 0.29) is 17.9 Å². The molecule has 0 aromatic carbocycles. The Hall–Kier alpha value is -1.10. The molecule has 2 rings (SSSR count). The summed E-state index contributed by atoms with van der Waals surface area (Å²) in [6.45, 7) is 5.17. The van der Waals surface area contributed by atoms with Gasteiger partial charge >= 0.3 is 0 Å². The molecule has 2 aliphatic heterocycles. The highest BCUT2D eigenvalue weighted by atomic mass is 16.5. The molecule has 0 aromatic rings. The third-order valence-electron chi connectivity index (χ3n) is 3.45. The number of amides is 2. The van der Waals surface area contributed by atoms with Gasteiger partial charge in [0.1, 0.15) is 6.10 Å². The number of hydrogen-bond donors (Lipinski definition) is 0. The zero-order chi connectivity index (χ0) is 12.3. The predicted molar refractivity (Wildman–Crippen MR) is 62.4 cm³/mol. The summed E-state index contributed by atoms with van der Waals surface area (Å²) in [7, 11) is 0. The minimum Gasteiger partial charge on any atom is -0.368 e. The normalized spacial score (nSPS) is 25.1. The monoisotopic (exact) mass is 240 g/mol. The van der Waals surface area contributed by atoms with Crippen LogP contribution in [0.5, 0.6) is 0 Å². The molecular weight excluding hydrogens is 220 g/mol. The van der Waals surface area contributed by atoms with E-state index < -0.39 is 0 Å². The van der Waals surface area contributed by atoms with Gasteiger partial charge in [0.25, 0.3) is 5.91 Å². The summed E-state index contributed by atoms with van der Waals surface area (Å²) in [5, 5.41) is 0. The highest BCUT2D eigenvalue weighted by molar-refractivity contribution is 5.82. The SMILES string of the molecule is CCC(=O)N1CCN(C(=O)[C@@H]2CCCO2)CC1. The smallest absolute Gasteiger partial charge is 0.251 e. The van der Waals surface area contributed by atoms with Gasteiger partial charge < -0.3 is 14.5 Å². The largest absolute Gasteiger partial charge is 0.368 e. The lowest BCUT2D eigenvalue weighted by atomic mass is 10.2. The van der Waals surface area contributed by atoms with Crippen LogP contribution in [0, 0.1) is 0 Å². The molecule has 0 aromatic heterocycles. The third-order valence-corrected chi connectivity index (χ3v) is 3.45. The van der Waals surface area contributed by atoms with E-state index in [1.807, 2.05) is 16.7 Å². The summed E-state index contributed by atoms with van der Waals surface area (Å²) in [6.07, 6.45) is 2.13. The molecular formula is C12H20N2O3. The molecule has 1 atom stereocenters. The van der Waals surface area contributed by atoms with Crippen LogP contribution in [0.1, 0.15) is 26.2 Å². The Balaban J connectivity index is 1.82. The van der Waals surface area contributed by atoms with Crippen molar-refractivity contribution in [2.45, 2.75) is 32.3 Å². The van der Waals surface area contributed by atoms with Gasteiger partial charge in [0.2, 0.25) is 5.91 Å². The molecule has 0 unspecified atom stereocenters. The molecule has 0 spiro atoms. The predicted octanol–water partition coefficient (Wildman–Crippen LogP) is 0.246. The zero-order valence-corrected chi connectivity index (χ0v) is 10.4. The van der Waals surface area contributed by atoms with Gasteiger partial charge in [-0.05, 0) is 12.8 Å². The van der Waals surface area contributed by atoms with Gasteiger partial charge in [-0.1, -0.05) is 6.92 Å². The van der Waals surface area contributed by atoms with E-state index in [1.165, 1.54) is 0 Å². The Morgan fingerprint density at radius 3 is 2.35 bits per heavy atom. The number of piperazine rings is 1. The van der Waals surface area contributed by atoms with Crippen molar-refractivity contribution < 1.29 is 14.3 Å². The van der Waals surface area contributed by atoms with Crippen molar-refractivity contribution in [3.8, 4) is 0 Å². The Morgan fingerprint density at radius 2 is 1.82 bits per heavy atom. The third kappa shape index (κ3) is 2.77. The number of ether oxygens (including phenoxy) is 1. The van der Waals surface area contributed by atoms with E-state index in [0.717, 1.165) is 12.8 Å². The van der Waals surface area contributed by atoms with Crippen LogP contribution < -0.4 is 0 Å². The summed E-state index contributed by atoms with van der Waals surface area (Å²) >= 11 is 0. The summed E-state index contributed by atoms with van der Waals surface area (Å²) < 4.78 is 5.39. The number of rotatable bonds is 2. The second kappa shape index (κ2) is 5.49. The molecule has 0 N–H and O–H groups in total. The molecule has 0 aliphatic carbocycles. The number of carbonyl (C=O) groups excluding carboxylic acids is 2. The van der Waals surface area contributed by atoms with Crippen molar-refractivity contribution in [2.24, 2.45) is 0 Å². The Kier molecular flexibility index (Phi) is 3.99. The van der Waals surface area contributed by atoms with Crippen LogP contribution in [0.15, 0.2) is 0 Å². The quantitative estimate of drug-likeness (QED) is 0.695. The first kappa shape index (κ1) is 12.4. The topological polar surface area (TPSA) is 49.9 Å². The number of nitrogens with zero attached hydrogens (tertiary/aromatic N) is 2. The van der Waals surface area contributed by atoms with Gasteiger partial charge in [-0.3, -0.25) is 9.59 Å². The first-order valence-electron chi connectivity index (χ1n) is 6.40. The molecule has 2 heterocycles. The van der Waals surface area contributed by atoms with Crippen molar-refractivity contribution in [2.75, 3.05) is 32.8 Å². The first-order chi connectivity index (χ1) is 8.22. The summed E-state index contributed by atoms with van der Waals surface area (Å²) in [4.78, 5) is 27.2. The maximum atomic E-state index is 12.0. The van der Waals surface area contributed by atoms with E-state index >= 15 is 0 Å². The van der Waals surface area contributed by atoms with Crippen LogP contribution in [0.25, 0.3) is 0 Å². The lowest BCUT2D eigenvalue weighted by molar-refractivity contribution is -0.145. The highest BCUT2D eigenvalue weighted by Gasteiger charge is 2.30. The van der Waals surface area contributed by atoms with Crippen LogP contribution >= 0.6 is 0 Å². The molecule has 5 nitrogen and oxygen atoms in total. The first-order valence-corrected chi connectivity index (χ1v) is 6.40. The Bertz CT molecular complexity index is 292. The fourth-order valence-corrected chi connectivity index (χ4v) is 2.38. The number of carbonyl (C=O) groups is 2. The molecule has 17 heavy (non-hydrogen) atoms. The van der Waals surface area contributed by atoms with Crippen LogP contribution in [0.4, 0.5) is 0 Å². The average Bonchev–Trinajstić information content (AvgIpc) is 2.91. The summed E-state index contributed by atoms with van der Waals surface area (Å²) in [6, 6.07) is 0. The molecule has 96 valence electrons. The van der Waals surface area contributed by atoms with Gasteiger partial charge in [0.15, 0.2) is 0 Å². The molecule has 2 fully saturated rings. The van der Waals surface area contributed by atoms with Crippen LogP contribution in [-0.2, 0) is 14.3 Å². The molecule has 2 saturated heterocycles. The Morgan fingerprint density at radius 1 is 1.18 bits per heavy atom. The second-order valence-corrected chi connectivity index (χ2v) is 4.56. The molecule has 2 amide bonds. The van der Waals surface area contributed by atoms with Gasteiger partial charge in [-0.2, -0.15) is 0 Å². The fourth-order valence-electron chi connectivity index (χ4n) is 2.38. The van der Waals surface area contributed by atoms with Gasteiger partial charge in [-0.25, -0.2) is 0 Å². The average molecular weight is 240 g/mol. The highest BCUT2D eigenvalue weighted by Crippen LogP contribution is 2.16. The lowest BCUT2D eigenvalue weighted by Crippen LogP contribution is -2.52. The summed E-state index contributed by atoms with van der Waals surface area (Å²) in [5.74, 6) is 0.278. The van der Waals surface area contributed by atoms with E-state index in [1.54, 1.807) is 0 Å². The van der Waals surface area contributed by atoms with Crippen molar-refractivity contribution in [3.63, 3.8) is 0 Å². The molecule has 0 radical (unpaired) electrons. The zero-order valence-electron chi connectivity index (χ0n) is 10.4. The minimum absolute atomic E-state index is 0.103. The van der Waals surface area contributed by atoms with Crippen LogP contribution in [-0.4, -0.2) is 60.5 Å². The van der Waals surface area contributed by atoms with Crippen molar-refractivity contribution in [3.05, 3.63) is 0 Å². The second-order valence-electron chi connectivity index (χ2n) is 4.56. The maximum Gasteiger partial charge on any atom is 0.251 e. The van der Waals surface area contributed by atoms with Crippen LogP contribution in [0.2, 0.25) is 0 Å². The molecule has 0 saturated carbocycles. The molecule has 0 bridgehead atoms. The van der Waals surface area contributed by atoms with Crippen LogP contribution in [0.3, 0.4) is 0 Å². The van der Waals surface area contributed by atoms with E-state index in [2.05, 4.69) is 0 Å². The standard InChI is InChI=1S/C12H20N2O3/c1-2-11(15)13-5-7-14(8-6-13)12(16)10-4-3-9-17-10/h10H,2-9H2,1H3/t10-/m0/s1.